The predicted molar refractivity (Wildman–Crippen MR) is 71.7 cm³/mol. The molecular weight excluding hydrogens is 273 g/mol. The van der Waals surface area contributed by atoms with Gasteiger partial charge in [0.05, 0.1) is 10.7 Å². The molecule has 2 N–H and O–H groups in total. The van der Waals surface area contributed by atoms with E-state index in [1.54, 1.807) is 0 Å². The van der Waals surface area contributed by atoms with Gasteiger partial charge in [-0.1, -0.05) is 24.3 Å². The number of ether oxygens (including phenoxy) is 2. The molecule has 19 heavy (non-hydrogen) atoms. The lowest BCUT2D eigenvalue weighted by Gasteiger charge is -2.24. The zero-order valence-electron chi connectivity index (χ0n) is 10.7. The highest BCUT2D eigenvalue weighted by Crippen LogP contribution is 2.32. The van der Waals surface area contributed by atoms with Crippen LogP contribution in [0.1, 0.15) is 13.8 Å². The van der Waals surface area contributed by atoms with Crippen molar-refractivity contribution in [2.75, 3.05) is 12.3 Å². The van der Waals surface area contributed by atoms with Gasteiger partial charge >= 0.3 is 5.97 Å². The van der Waals surface area contributed by atoms with Crippen molar-refractivity contribution in [3.05, 3.63) is 35.6 Å². The second-order valence-corrected chi connectivity index (χ2v) is 4.71. The molecule has 0 saturated carbocycles. The highest BCUT2D eigenvalue weighted by Gasteiger charge is 2.32. The Bertz CT molecular complexity index is 503. The number of carbonyl (C=O) groups is 1. The summed E-state index contributed by atoms with van der Waals surface area (Å²) < 4.78 is 23.5. The van der Waals surface area contributed by atoms with Crippen LogP contribution in [0.25, 0.3) is 0 Å². The molecule has 0 aliphatic carbocycles. The smallest absolute Gasteiger partial charge is 0.350 e. The van der Waals surface area contributed by atoms with E-state index >= 15 is 0 Å². The monoisotopic (exact) mass is 287 g/mol. The molecule has 0 fully saturated rings. The molecule has 0 bridgehead atoms. The Balaban J connectivity index is 2.91. The molecule has 0 amide bonds. The molecule has 1 aromatic carbocycles. The van der Waals surface area contributed by atoms with Gasteiger partial charge in [-0.05, 0) is 19.9 Å². The first kappa shape index (κ1) is 15.3. The van der Waals surface area contributed by atoms with E-state index in [1.807, 2.05) is 0 Å². The normalized spacial score (nSPS) is 10.9. The first-order chi connectivity index (χ1) is 8.77. The Morgan fingerprint density at radius 2 is 2.21 bits per heavy atom. The number of hydrogen-bond donors (Lipinski definition) is 1. The second-order valence-electron chi connectivity index (χ2n) is 4.30. The maximum atomic E-state index is 13.1. The van der Waals surface area contributed by atoms with Gasteiger partial charge in [-0.3, -0.25) is 0 Å². The van der Waals surface area contributed by atoms with E-state index in [-0.39, 0.29) is 23.1 Å². The summed E-state index contributed by atoms with van der Waals surface area (Å²) >= 11 is 5.83. The standard InChI is InChI=1S/C13H15ClFNO3/c1-4-5-18-12(17)13(2,3)19-11-7-10(16)9(15)6-8(11)14/h4,6-7H,1,5,16H2,2-3H3. The molecule has 104 valence electrons. The van der Waals surface area contributed by atoms with Gasteiger partial charge in [0.25, 0.3) is 0 Å². The Morgan fingerprint density at radius 1 is 1.58 bits per heavy atom. The van der Waals surface area contributed by atoms with Gasteiger partial charge in [-0.15, -0.1) is 0 Å². The molecule has 0 aromatic heterocycles. The van der Waals surface area contributed by atoms with Crippen molar-refractivity contribution in [1.29, 1.82) is 0 Å². The summed E-state index contributed by atoms with van der Waals surface area (Å²) in [5.41, 5.74) is 4.02. The van der Waals surface area contributed by atoms with E-state index < -0.39 is 17.4 Å². The quantitative estimate of drug-likeness (QED) is 0.514. The third-order valence-electron chi connectivity index (χ3n) is 2.24. The fraction of sp³-hybridized carbons (Fsp3) is 0.308. The number of rotatable bonds is 5. The molecule has 1 rings (SSSR count). The van der Waals surface area contributed by atoms with Gasteiger partial charge in [-0.25, -0.2) is 9.18 Å². The highest BCUT2D eigenvalue weighted by atomic mass is 35.5. The van der Waals surface area contributed by atoms with Crippen molar-refractivity contribution in [1.82, 2.24) is 0 Å². The fourth-order valence-electron chi connectivity index (χ4n) is 1.25. The number of nitrogens with two attached hydrogens (primary N) is 1. The van der Waals surface area contributed by atoms with Gasteiger partial charge in [0.1, 0.15) is 18.2 Å². The van der Waals surface area contributed by atoms with Crippen LogP contribution in [0.4, 0.5) is 10.1 Å². The molecule has 0 spiro atoms. The zero-order chi connectivity index (χ0) is 14.6. The van der Waals surface area contributed by atoms with Crippen LogP contribution in [0.15, 0.2) is 24.8 Å². The largest absolute Gasteiger partial charge is 0.475 e. The van der Waals surface area contributed by atoms with Crippen LogP contribution in [0.5, 0.6) is 5.75 Å². The number of hydrogen-bond acceptors (Lipinski definition) is 4. The van der Waals surface area contributed by atoms with Crippen LogP contribution in [0, 0.1) is 5.82 Å². The SMILES string of the molecule is C=CCOC(=O)C(C)(C)Oc1cc(N)c(F)cc1Cl. The maximum Gasteiger partial charge on any atom is 0.350 e. The van der Waals surface area contributed by atoms with Gasteiger partial charge < -0.3 is 15.2 Å². The number of benzene rings is 1. The first-order valence-electron chi connectivity index (χ1n) is 5.49. The van der Waals surface area contributed by atoms with Crippen LogP contribution in [-0.2, 0) is 9.53 Å². The molecule has 0 unspecified atom stereocenters. The Morgan fingerprint density at radius 3 is 2.79 bits per heavy atom. The lowest BCUT2D eigenvalue weighted by molar-refractivity contribution is -0.157. The van der Waals surface area contributed by atoms with Crippen molar-refractivity contribution in [3.63, 3.8) is 0 Å². The van der Waals surface area contributed by atoms with Crippen LogP contribution in [-0.4, -0.2) is 18.2 Å². The summed E-state index contributed by atoms with van der Waals surface area (Å²) in [7, 11) is 0. The number of halogens is 2. The molecule has 1 aromatic rings. The van der Waals surface area contributed by atoms with Crippen LogP contribution >= 0.6 is 11.6 Å². The van der Waals surface area contributed by atoms with E-state index in [9.17, 15) is 9.18 Å². The lowest BCUT2D eigenvalue weighted by atomic mass is 10.1. The Labute approximate surface area is 115 Å². The van der Waals surface area contributed by atoms with E-state index in [2.05, 4.69) is 6.58 Å². The topological polar surface area (TPSA) is 61.5 Å². The fourth-order valence-corrected chi connectivity index (χ4v) is 1.44. The first-order valence-corrected chi connectivity index (χ1v) is 5.87. The summed E-state index contributed by atoms with van der Waals surface area (Å²) in [6.07, 6.45) is 1.44. The van der Waals surface area contributed by atoms with Crippen molar-refractivity contribution in [2.24, 2.45) is 0 Å². The van der Waals surface area contributed by atoms with Gasteiger partial charge in [-0.2, -0.15) is 0 Å². The Hall–Kier alpha value is -1.75. The average molecular weight is 288 g/mol. The Kier molecular flexibility index (Phi) is 4.78. The van der Waals surface area contributed by atoms with Crippen molar-refractivity contribution in [3.8, 4) is 5.75 Å². The van der Waals surface area contributed by atoms with E-state index in [4.69, 9.17) is 26.8 Å². The third kappa shape index (κ3) is 3.86. The summed E-state index contributed by atoms with van der Waals surface area (Å²) in [4.78, 5) is 11.7. The summed E-state index contributed by atoms with van der Waals surface area (Å²) in [6.45, 7) is 6.53. The van der Waals surface area contributed by atoms with Crippen LogP contribution in [0.3, 0.4) is 0 Å². The zero-order valence-corrected chi connectivity index (χ0v) is 11.5. The van der Waals surface area contributed by atoms with Crippen molar-refractivity contribution >= 4 is 23.3 Å². The number of anilines is 1. The maximum absolute atomic E-state index is 13.1. The van der Waals surface area contributed by atoms with Gasteiger partial charge in [0, 0.05) is 6.07 Å². The summed E-state index contributed by atoms with van der Waals surface area (Å²) in [5, 5.41) is 0.0243. The predicted octanol–water partition coefficient (Wildman–Crippen LogP) is 2.95. The minimum atomic E-state index is -1.28. The number of carbonyl (C=O) groups excluding carboxylic acids is 1. The molecule has 0 saturated heterocycles. The summed E-state index contributed by atoms with van der Waals surface area (Å²) in [5.74, 6) is -1.13. The van der Waals surface area contributed by atoms with Crippen molar-refractivity contribution in [2.45, 2.75) is 19.4 Å². The average Bonchev–Trinajstić information content (AvgIpc) is 2.32. The van der Waals surface area contributed by atoms with Crippen LogP contribution < -0.4 is 10.5 Å². The molecule has 0 aliphatic heterocycles. The molecule has 0 radical (unpaired) electrons. The van der Waals surface area contributed by atoms with Gasteiger partial charge in [0.15, 0.2) is 5.60 Å². The summed E-state index contributed by atoms with van der Waals surface area (Å²) in [6, 6.07) is 2.25. The molecule has 0 atom stereocenters. The molecule has 0 aliphatic rings. The minimum Gasteiger partial charge on any atom is -0.475 e. The third-order valence-corrected chi connectivity index (χ3v) is 2.54. The van der Waals surface area contributed by atoms with E-state index in [0.717, 1.165) is 6.07 Å². The molecule has 0 heterocycles. The number of esters is 1. The number of nitrogen functional groups attached to an aromatic ring is 1. The van der Waals surface area contributed by atoms with E-state index in [1.165, 1.54) is 26.0 Å². The van der Waals surface area contributed by atoms with Crippen LogP contribution in [0.2, 0.25) is 5.02 Å². The lowest BCUT2D eigenvalue weighted by Crippen LogP contribution is -2.39. The molecule has 6 heteroatoms. The minimum absolute atomic E-state index is 0.0243. The van der Waals surface area contributed by atoms with E-state index in [0.29, 0.717) is 0 Å². The molecular formula is C13H15ClFNO3. The highest BCUT2D eigenvalue weighted by molar-refractivity contribution is 6.32. The second kappa shape index (κ2) is 5.93. The van der Waals surface area contributed by atoms with Gasteiger partial charge in [0.2, 0.25) is 0 Å². The molecule has 4 nitrogen and oxygen atoms in total. The van der Waals surface area contributed by atoms with Crippen molar-refractivity contribution < 1.29 is 18.7 Å².